The lowest BCUT2D eigenvalue weighted by molar-refractivity contribution is -0.130. The van der Waals surface area contributed by atoms with Gasteiger partial charge in [0, 0.05) is 5.56 Å². The predicted molar refractivity (Wildman–Crippen MR) is 91.7 cm³/mol. The fraction of sp³-hybridized carbons (Fsp3) is 0.300. The lowest BCUT2D eigenvalue weighted by Crippen LogP contribution is -2.21. The summed E-state index contributed by atoms with van der Waals surface area (Å²) in [6, 6.07) is 14.0. The van der Waals surface area contributed by atoms with Crippen LogP contribution in [-0.2, 0) is 16.0 Å². The summed E-state index contributed by atoms with van der Waals surface area (Å²) in [7, 11) is 1.64. The molecule has 0 aliphatic heterocycles. The zero-order valence-corrected chi connectivity index (χ0v) is 14.1. The van der Waals surface area contributed by atoms with Crippen LogP contribution < -0.4 is 4.74 Å². The monoisotopic (exact) mass is 310 g/mol. The van der Waals surface area contributed by atoms with Crippen molar-refractivity contribution in [2.24, 2.45) is 5.92 Å². The smallest absolute Gasteiger partial charge is 0.140 e. The molecule has 0 aliphatic carbocycles. The highest BCUT2D eigenvalue weighted by atomic mass is 16.5. The fourth-order valence-corrected chi connectivity index (χ4v) is 2.73. The van der Waals surface area contributed by atoms with Gasteiger partial charge in [-0.3, -0.25) is 9.59 Å². The zero-order valence-electron chi connectivity index (χ0n) is 14.1. The van der Waals surface area contributed by atoms with Gasteiger partial charge in [0.1, 0.15) is 17.3 Å². The highest BCUT2D eigenvalue weighted by molar-refractivity contribution is 6.00. The molecule has 0 radical (unpaired) electrons. The van der Waals surface area contributed by atoms with Crippen molar-refractivity contribution >= 4 is 11.6 Å². The molecular weight excluding hydrogens is 288 g/mol. The summed E-state index contributed by atoms with van der Waals surface area (Å²) in [5, 5.41) is 0. The molecular formula is C20H22O3. The van der Waals surface area contributed by atoms with Gasteiger partial charge >= 0.3 is 0 Å². The van der Waals surface area contributed by atoms with Gasteiger partial charge in [-0.15, -0.1) is 0 Å². The summed E-state index contributed by atoms with van der Waals surface area (Å²) >= 11 is 0. The van der Waals surface area contributed by atoms with Gasteiger partial charge in [-0.05, 0) is 50.5 Å². The molecule has 23 heavy (non-hydrogen) atoms. The topological polar surface area (TPSA) is 43.4 Å². The van der Waals surface area contributed by atoms with Gasteiger partial charge < -0.3 is 4.74 Å². The van der Waals surface area contributed by atoms with E-state index in [1.807, 2.05) is 43.3 Å². The lowest BCUT2D eigenvalue weighted by Gasteiger charge is -2.14. The molecule has 2 rings (SSSR count). The number of hydrogen-bond acceptors (Lipinski definition) is 3. The molecule has 0 N–H and O–H groups in total. The second-order valence-corrected chi connectivity index (χ2v) is 5.88. The molecule has 0 unspecified atom stereocenters. The van der Waals surface area contributed by atoms with E-state index in [4.69, 9.17) is 4.74 Å². The molecule has 3 heteroatoms. The van der Waals surface area contributed by atoms with Crippen molar-refractivity contribution < 1.29 is 14.3 Å². The number of rotatable bonds is 6. The quantitative estimate of drug-likeness (QED) is 0.757. The first-order valence-corrected chi connectivity index (χ1v) is 7.67. The number of ether oxygens (including phenoxy) is 1. The van der Waals surface area contributed by atoms with E-state index in [1.54, 1.807) is 7.11 Å². The second-order valence-electron chi connectivity index (χ2n) is 5.88. The Bertz CT molecular complexity index is 717. The minimum absolute atomic E-state index is 0.0922. The molecule has 0 bridgehead atoms. The third kappa shape index (κ3) is 4.07. The number of aryl methyl sites for hydroxylation is 1. The normalized spacial score (nSPS) is 10.7. The van der Waals surface area contributed by atoms with E-state index >= 15 is 0 Å². The summed E-state index contributed by atoms with van der Waals surface area (Å²) < 4.78 is 5.46. The average molecular weight is 310 g/mol. The van der Waals surface area contributed by atoms with Crippen LogP contribution in [0.15, 0.2) is 42.5 Å². The standard InChI is InChI=1S/C20H22O3/c1-13-6-5-7-17(10-13)19-12-16(8-9-20(19)23-4)11-18(14(2)21)15(3)22/h5-10,12,18H,11H2,1-4H3. The SMILES string of the molecule is COc1ccc(CC(C(C)=O)C(C)=O)cc1-c1cccc(C)c1. The Balaban J connectivity index is 2.43. The van der Waals surface area contributed by atoms with Crippen LogP contribution >= 0.6 is 0 Å². The first-order chi connectivity index (χ1) is 10.9. The van der Waals surface area contributed by atoms with Crippen LogP contribution in [0.3, 0.4) is 0 Å². The minimum atomic E-state index is -0.575. The van der Waals surface area contributed by atoms with Crippen LogP contribution in [-0.4, -0.2) is 18.7 Å². The van der Waals surface area contributed by atoms with Gasteiger partial charge in [-0.2, -0.15) is 0 Å². The summed E-state index contributed by atoms with van der Waals surface area (Å²) in [4.78, 5) is 23.3. The van der Waals surface area contributed by atoms with E-state index in [0.29, 0.717) is 6.42 Å². The molecule has 0 saturated heterocycles. The van der Waals surface area contributed by atoms with E-state index in [9.17, 15) is 9.59 Å². The summed E-state index contributed by atoms with van der Waals surface area (Å²) in [5.74, 6) is 0.0196. The first kappa shape index (κ1) is 16.9. The average Bonchev–Trinajstić information content (AvgIpc) is 2.51. The number of benzene rings is 2. The Hall–Kier alpha value is -2.42. The van der Waals surface area contributed by atoms with Crippen LogP contribution in [0.25, 0.3) is 11.1 Å². The maximum absolute atomic E-state index is 11.7. The molecule has 0 amide bonds. The van der Waals surface area contributed by atoms with Crippen LogP contribution in [0, 0.1) is 12.8 Å². The molecule has 0 aromatic heterocycles. The van der Waals surface area contributed by atoms with E-state index in [-0.39, 0.29) is 11.6 Å². The number of carbonyl (C=O) groups is 2. The maximum atomic E-state index is 11.7. The number of carbonyl (C=O) groups excluding carboxylic acids is 2. The Morgan fingerprint density at radius 3 is 2.30 bits per heavy atom. The number of hydrogen-bond donors (Lipinski definition) is 0. The molecule has 2 aromatic rings. The fourth-order valence-electron chi connectivity index (χ4n) is 2.73. The van der Waals surface area contributed by atoms with Crippen molar-refractivity contribution in [2.45, 2.75) is 27.2 Å². The van der Waals surface area contributed by atoms with E-state index in [2.05, 4.69) is 6.07 Å². The minimum Gasteiger partial charge on any atom is -0.496 e. The van der Waals surface area contributed by atoms with Gasteiger partial charge in [0.25, 0.3) is 0 Å². The molecule has 0 spiro atoms. The highest BCUT2D eigenvalue weighted by Gasteiger charge is 2.20. The van der Waals surface area contributed by atoms with Gasteiger partial charge in [-0.25, -0.2) is 0 Å². The third-order valence-electron chi connectivity index (χ3n) is 4.01. The molecule has 120 valence electrons. The van der Waals surface area contributed by atoms with Gasteiger partial charge in [-0.1, -0.05) is 35.9 Å². The second kappa shape index (κ2) is 7.23. The molecule has 0 atom stereocenters. The largest absolute Gasteiger partial charge is 0.496 e. The molecule has 2 aromatic carbocycles. The van der Waals surface area contributed by atoms with Crippen LogP contribution in [0.4, 0.5) is 0 Å². The van der Waals surface area contributed by atoms with Crippen molar-refractivity contribution in [2.75, 3.05) is 7.11 Å². The van der Waals surface area contributed by atoms with E-state index < -0.39 is 5.92 Å². The molecule has 0 aliphatic rings. The first-order valence-electron chi connectivity index (χ1n) is 7.67. The summed E-state index contributed by atoms with van der Waals surface area (Å²) in [5.41, 5.74) is 4.16. The Kier molecular flexibility index (Phi) is 5.32. The van der Waals surface area contributed by atoms with Gasteiger partial charge in [0.15, 0.2) is 0 Å². The predicted octanol–water partition coefficient (Wildman–Crippen LogP) is 4.01. The zero-order chi connectivity index (χ0) is 17.0. The van der Waals surface area contributed by atoms with E-state index in [1.165, 1.54) is 19.4 Å². The highest BCUT2D eigenvalue weighted by Crippen LogP contribution is 2.32. The summed E-state index contributed by atoms with van der Waals surface area (Å²) in [6.07, 6.45) is 0.424. The molecule has 0 saturated carbocycles. The number of Topliss-reactive ketones (excluding diaryl/α,β-unsaturated/α-hetero) is 2. The van der Waals surface area contributed by atoms with Crippen molar-refractivity contribution in [3.8, 4) is 16.9 Å². The Morgan fingerprint density at radius 1 is 1.04 bits per heavy atom. The Morgan fingerprint density at radius 2 is 1.74 bits per heavy atom. The van der Waals surface area contributed by atoms with Crippen LogP contribution in [0.5, 0.6) is 5.75 Å². The van der Waals surface area contributed by atoms with Crippen molar-refractivity contribution in [3.05, 3.63) is 53.6 Å². The molecule has 0 heterocycles. The summed E-state index contributed by atoms with van der Waals surface area (Å²) in [6.45, 7) is 4.98. The van der Waals surface area contributed by atoms with Crippen molar-refractivity contribution in [1.29, 1.82) is 0 Å². The maximum Gasteiger partial charge on any atom is 0.140 e. The number of ketones is 2. The van der Waals surface area contributed by atoms with Crippen LogP contribution in [0.1, 0.15) is 25.0 Å². The van der Waals surface area contributed by atoms with E-state index in [0.717, 1.165) is 22.4 Å². The number of methoxy groups -OCH3 is 1. The molecule has 0 fully saturated rings. The van der Waals surface area contributed by atoms with Crippen molar-refractivity contribution in [3.63, 3.8) is 0 Å². The third-order valence-corrected chi connectivity index (χ3v) is 4.01. The van der Waals surface area contributed by atoms with Gasteiger partial charge in [0.05, 0.1) is 13.0 Å². The Labute approximate surface area is 137 Å². The molecule has 3 nitrogen and oxygen atoms in total. The van der Waals surface area contributed by atoms with Crippen molar-refractivity contribution in [1.82, 2.24) is 0 Å². The van der Waals surface area contributed by atoms with Gasteiger partial charge in [0.2, 0.25) is 0 Å². The van der Waals surface area contributed by atoms with Crippen LogP contribution in [0.2, 0.25) is 0 Å². The lowest BCUT2D eigenvalue weighted by atomic mass is 9.91.